The smallest absolute Gasteiger partial charge is 0.344 e. The lowest BCUT2D eigenvalue weighted by Gasteiger charge is -2.25. The lowest BCUT2D eigenvalue weighted by Crippen LogP contribution is -2.52. The molecule has 0 fully saturated rings. The summed E-state index contributed by atoms with van der Waals surface area (Å²) < 4.78 is 38.9. The Morgan fingerprint density at radius 2 is 1.58 bits per heavy atom. The van der Waals surface area contributed by atoms with Gasteiger partial charge in [0.15, 0.2) is 0 Å². The topological polar surface area (TPSA) is 75.3 Å². The predicted octanol–water partition coefficient (Wildman–Crippen LogP) is 5.14. The van der Waals surface area contributed by atoms with Crippen molar-refractivity contribution in [3.05, 3.63) is 75.8 Å². The minimum absolute atomic E-state index is 0.287. The highest BCUT2D eigenvalue weighted by molar-refractivity contribution is 6.42. The van der Waals surface area contributed by atoms with Crippen molar-refractivity contribution in [1.82, 2.24) is 10.6 Å². The molecule has 176 valence electrons. The molecule has 0 bridgehead atoms. The van der Waals surface area contributed by atoms with Gasteiger partial charge in [0.2, 0.25) is 11.8 Å². The van der Waals surface area contributed by atoms with Crippen LogP contribution in [0, 0.1) is 5.92 Å². The van der Waals surface area contributed by atoms with E-state index in [9.17, 15) is 27.6 Å². The fourth-order valence-corrected chi connectivity index (χ4v) is 3.18. The Bertz CT molecular complexity index is 1040. The van der Waals surface area contributed by atoms with E-state index < -0.39 is 41.8 Å². The third-order valence-electron chi connectivity index (χ3n) is 4.58. The molecular weight excluding hydrogens is 480 g/mol. The second kappa shape index (κ2) is 11.3. The van der Waals surface area contributed by atoms with Gasteiger partial charge in [-0.15, -0.1) is 0 Å². The summed E-state index contributed by atoms with van der Waals surface area (Å²) in [6, 6.07) is 9.52. The second-order valence-electron chi connectivity index (χ2n) is 7.45. The van der Waals surface area contributed by atoms with E-state index in [2.05, 4.69) is 10.6 Å². The summed E-state index contributed by atoms with van der Waals surface area (Å²) in [7, 11) is 0. The summed E-state index contributed by atoms with van der Waals surface area (Å²) in [5.41, 5.74) is 0.893. The van der Waals surface area contributed by atoms with E-state index in [0.29, 0.717) is 16.1 Å². The summed E-state index contributed by atoms with van der Waals surface area (Å²) in [5.74, 6) is -4.53. The first-order valence-corrected chi connectivity index (χ1v) is 10.6. The van der Waals surface area contributed by atoms with Gasteiger partial charge in [-0.2, -0.15) is 13.2 Å². The summed E-state index contributed by atoms with van der Waals surface area (Å²) in [6.45, 7) is 2.76. The van der Waals surface area contributed by atoms with Crippen molar-refractivity contribution in [2.45, 2.75) is 32.1 Å². The van der Waals surface area contributed by atoms with Crippen molar-refractivity contribution in [3.63, 3.8) is 0 Å². The summed E-state index contributed by atoms with van der Waals surface area (Å²) in [5, 5.41) is 5.22. The lowest BCUT2D eigenvalue weighted by atomic mass is 9.98. The molecule has 0 heterocycles. The number of hydrogen-bond donors (Lipinski definition) is 2. The Kier molecular flexibility index (Phi) is 9.07. The molecule has 5 nitrogen and oxygen atoms in total. The van der Waals surface area contributed by atoms with Gasteiger partial charge in [0, 0.05) is 6.08 Å². The second-order valence-corrected chi connectivity index (χ2v) is 8.27. The Balaban J connectivity index is 2.24. The minimum Gasteiger partial charge on any atom is -0.344 e. The van der Waals surface area contributed by atoms with E-state index in [4.69, 9.17) is 23.2 Å². The molecule has 2 aromatic rings. The summed E-state index contributed by atoms with van der Waals surface area (Å²) in [4.78, 5) is 37.1. The highest BCUT2D eigenvalue weighted by Crippen LogP contribution is 2.24. The van der Waals surface area contributed by atoms with Crippen LogP contribution in [-0.2, 0) is 14.4 Å². The maximum atomic E-state index is 13.0. The number of carbonyl (C=O) groups is 3. The van der Waals surface area contributed by atoms with Gasteiger partial charge in [0.05, 0.1) is 16.1 Å². The largest absolute Gasteiger partial charge is 0.452 e. The molecule has 0 aromatic heterocycles. The molecular formula is C23H21Cl2F3N2O3. The van der Waals surface area contributed by atoms with Crippen LogP contribution in [0.3, 0.4) is 0 Å². The lowest BCUT2D eigenvalue weighted by molar-refractivity contribution is -0.175. The first-order chi connectivity index (χ1) is 15.4. The standard InChI is InChI=1S/C23H21Cl2F3N2O3/c1-13(2)19(21(32)23(26,27)28)30-22(33)20(15-6-4-3-5-7-15)29-18(31)11-9-14-8-10-16(24)17(25)12-14/h3-13,19-20H,1-2H3,(H,29,31)(H,30,33)/b11-9+/t19-,20?/m0/s1. The van der Waals surface area contributed by atoms with Gasteiger partial charge >= 0.3 is 6.18 Å². The maximum absolute atomic E-state index is 13.0. The van der Waals surface area contributed by atoms with Crippen molar-refractivity contribution in [3.8, 4) is 0 Å². The average Bonchev–Trinajstić information content (AvgIpc) is 2.75. The van der Waals surface area contributed by atoms with E-state index >= 15 is 0 Å². The quantitative estimate of drug-likeness (QED) is 0.493. The number of alkyl halides is 3. The number of Topliss-reactive ketones (excluding diaryl/α,β-unsaturated/α-hetero) is 1. The van der Waals surface area contributed by atoms with Gasteiger partial charge in [0.25, 0.3) is 5.78 Å². The van der Waals surface area contributed by atoms with Crippen LogP contribution < -0.4 is 10.6 Å². The Hall–Kier alpha value is -2.84. The molecule has 2 rings (SSSR count). The highest BCUT2D eigenvalue weighted by atomic mass is 35.5. The third kappa shape index (κ3) is 7.61. The van der Waals surface area contributed by atoms with Crippen LogP contribution in [0.5, 0.6) is 0 Å². The van der Waals surface area contributed by atoms with E-state index in [1.165, 1.54) is 38.1 Å². The van der Waals surface area contributed by atoms with Gasteiger partial charge in [-0.05, 0) is 35.3 Å². The zero-order chi connectivity index (χ0) is 24.8. The number of nitrogens with one attached hydrogen (secondary N) is 2. The SMILES string of the molecule is CC(C)[C@H](NC(=O)C(NC(=O)/C=C/c1ccc(Cl)c(Cl)c1)c1ccccc1)C(=O)C(F)(F)F. The monoisotopic (exact) mass is 500 g/mol. The number of hydrogen-bond acceptors (Lipinski definition) is 3. The summed E-state index contributed by atoms with van der Waals surface area (Å²) >= 11 is 11.8. The molecule has 10 heteroatoms. The van der Waals surface area contributed by atoms with Crippen molar-refractivity contribution in [1.29, 1.82) is 0 Å². The number of carbonyl (C=O) groups excluding carboxylic acids is 3. The molecule has 0 spiro atoms. The Morgan fingerprint density at radius 3 is 2.12 bits per heavy atom. The van der Waals surface area contributed by atoms with Crippen molar-refractivity contribution in [2.24, 2.45) is 5.92 Å². The third-order valence-corrected chi connectivity index (χ3v) is 5.32. The Labute approximate surface area is 199 Å². The van der Waals surface area contributed by atoms with Crippen LogP contribution in [-0.4, -0.2) is 29.8 Å². The molecule has 2 atom stereocenters. The van der Waals surface area contributed by atoms with Crippen molar-refractivity contribution >= 4 is 46.9 Å². The number of halogens is 5. The number of rotatable bonds is 8. The van der Waals surface area contributed by atoms with E-state index in [1.54, 1.807) is 30.3 Å². The first kappa shape index (κ1) is 26.4. The molecule has 2 N–H and O–H groups in total. The van der Waals surface area contributed by atoms with Crippen LogP contribution in [0.25, 0.3) is 6.08 Å². The average molecular weight is 501 g/mol. The van der Waals surface area contributed by atoms with E-state index in [1.807, 2.05) is 0 Å². The van der Waals surface area contributed by atoms with Gasteiger partial charge < -0.3 is 10.6 Å². The summed E-state index contributed by atoms with van der Waals surface area (Å²) in [6.07, 6.45) is -2.54. The number of ketones is 1. The molecule has 1 unspecified atom stereocenters. The zero-order valence-electron chi connectivity index (χ0n) is 17.6. The zero-order valence-corrected chi connectivity index (χ0v) is 19.1. The van der Waals surface area contributed by atoms with E-state index in [-0.39, 0.29) is 5.02 Å². The number of benzene rings is 2. The first-order valence-electron chi connectivity index (χ1n) is 9.80. The highest BCUT2D eigenvalue weighted by Gasteiger charge is 2.45. The fraction of sp³-hybridized carbons (Fsp3) is 0.261. The molecule has 0 aliphatic rings. The van der Waals surface area contributed by atoms with Crippen LogP contribution in [0.2, 0.25) is 10.0 Å². The molecule has 0 radical (unpaired) electrons. The number of amides is 2. The van der Waals surface area contributed by atoms with Crippen LogP contribution >= 0.6 is 23.2 Å². The van der Waals surface area contributed by atoms with E-state index in [0.717, 1.165) is 6.08 Å². The van der Waals surface area contributed by atoms with Crippen molar-refractivity contribution < 1.29 is 27.6 Å². The molecule has 2 aromatic carbocycles. The molecule has 0 saturated heterocycles. The Morgan fingerprint density at radius 1 is 0.939 bits per heavy atom. The molecule has 33 heavy (non-hydrogen) atoms. The van der Waals surface area contributed by atoms with Crippen LogP contribution in [0.1, 0.15) is 31.0 Å². The van der Waals surface area contributed by atoms with Gasteiger partial charge in [-0.1, -0.05) is 73.4 Å². The van der Waals surface area contributed by atoms with Gasteiger partial charge in [-0.25, -0.2) is 0 Å². The van der Waals surface area contributed by atoms with Gasteiger partial charge in [-0.3, -0.25) is 14.4 Å². The fourth-order valence-electron chi connectivity index (χ4n) is 2.87. The van der Waals surface area contributed by atoms with Crippen molar-refractivity contribution in [2.75, 3.05) is 0 Å². The normalized spacial score (nSPS) is 13.6. The molecule has 2 amide bonds. The molecule has 0 aliphatic heterocycles. The minimum atomic E-state index is -5.11. The van der Waals surface area contributed by atoms with Gasteiger partial charge in [0.1, 0.15) is 6.04 Å². The van der Waals surface area contributed by atoms with Crippen LogP contribution in [0.4, 0.5) is 13.2 Å². The molecule has 0 saturated carbocycles. The predicted molar refractivity (Wildman–Crippen MR) is 121 cm³/mol. The maximum Gasteiger partial charge on any atom is 0.452 e. The molecule has 0 aliphatic carbocycles. The van der Waals surface area contributed by atoms with Crippen LogP contribution in [0.15, 0.2) is 54.6 Å².